The Kier molecular flexibility index (Phi) is 10.3. The van der Waals surface area contributed by atoms with Crippen LogP contribution >= 0.6 is 0 Å². The van der Waals surface area contributed by atoms with Gasteiger partial charge < -0.3 is 14.2 Å². The van der Waals surface area contributed by atoms with E-state index in [4.69, 9.17) is 14.2 Å². The van der Waals surface area contributed by atoms with Crippen molar-refractivity contribution in [3.8, 4) is 0 Å². The summed E-state index contributed by atoms with van der Waals surface area (Å²) in [7, 11) is 0. The first-order valence-corrected chi connectivity index (χ1v) is 13.0. The van der Waals surface area contributed by atoms with Crippen LogP contribution in [0.25, 0.3) is 0 Å². The fourth-order valence-corrected chi connectivity index (χ4v) is 4.73. The van der Waals surface area contributed by atoms with Gasteiger partial charge >= 0.3 is 0 Å². The molecule has 0 amide bonds. The average Bonchev–Trinajstić information content (AvgIpc) is 2.92. The summed E-state index contributed by atoms with van der Waals surface area (Å²) in [4.78, 5) is 2.56. The van der Waals surface area contributed by atoms with Crippen LogP contribution in [0.1, 0.15) is 42.9 Å². The second-order valence-corrected chi connectivity index (χ2v) is 9.34. The summed E-state index contributed by atoms with van der Waals surface area (Å²) >= 11 is 0. The van der Waals surface area contributed by atoms with Crippen LogP contribution in [-0.2, 0) is 34.0 Å². The van der Waals surface area contributed by atoms with Crippen LogP contribution in [0.3, 0.4) is 0 Å². The van der Waals surface area contributed by atoms with Crippen LogP contribution in [0.15, 0.2) is 91.0 Å². The third kappa shape index (κ3) is 8.01. The average molecular weight is 474 g/mol. The SMILES string of the molecule is CCCCN1CCC(OCc2ccccc2)C(OCc2ccccc2)C1COCc1ccccc1. The van der Waals surface area contributed by atoms with E-state index < -0.39 is 0 Å². The highest BCUT2D eigenvalue weighted by Crippen LogP contribution is 2.27. The molecule has 0 saturated carbocycles. The molecule has 0 radical (unpaired) electrons. The summed E-state index contributed by atoms with van der Waals surface area (Å²) in [6.07, 6.45) is 3.29. The van der Waals surface area contributed by atoms with Crippen molar-refractivity contribution in [2.75, 3.05) is 19.7 Å². The molecular formula is C31H39NO3. The van der Waals surface area contributed by atoms with Gasteiger partial charge in [0, 0.05) is 6.54 Å². The molecule has 3 unspecified atom stereocenters. The second-order valence-electron chi connectivity index (χ2n) is 9.34. The van der Waals surface area contributed by atoms with Crippen molar-refractivity contribution in [1.29, 1.82) is 0 Å². The van der Waals surface area contributed by atoms with Gasteiger partial charge in [0.05, 0.1) is 38.6 Å². The molecule has 0 N–H and O–H groups in total. The van der Waals surface area contributed by atoms with E-state index >= 15 is 0 Å². The zero-order chi connectivity index (χ0) is 24.1. The number of piperidine rings is 1. The monoisotopic (exact) mass is 473 g/mol. The van der Waals surface area contributed by atoms with Gasteiger partial charge in [-0.1, -0.05) is 104 Å². The van der Waals surface area contributed by atoms with Crippen molar-refractivity contribution in [2.24, 2.45) is 0 Å². The highest BCUT2D eigenvalue weighted by Gasteiger charge is 2.39. The van der Waals surface area contributed by atoms with Crippen LogP contribution < -0.4 is 0 Å². The summed E-state index contributed by atoms with van der Waals surface area (Å²) in [5.74, 6) is 0. The summed E-state index contributed by atoms with van der Waals surface area (Å²) in [6, 6.07) is 31.4. The standard InChI is InChI=1S/C31H39NO3/c1-2-3-20-32-21-19-30(34-23-27-15-9-5-10-16-27)31(35-24-28-17-11-6-12-18-28)29(32)25-33-22-26-13-7-4-8-14-26/h4-18,29-31H,2-3,19-25H2,1H3. The molecule has 3 atom stereocenters. The summed E-state index contributed by atoms with van der Waals surface area (Å²) < 4.78 is 19.4. The van der Waals surface area contributed by atoms with Crippen molar-refractivity contribution in [3.63, 3.8) is 0 Å². The molecule has 1 aliphatic rings. The minimum absolute atomic E-state index is 0.0297. The molecule has 1 aliphatic heterocycles. The van der Waals surface area contributed by atoms with Crippen molar-refractivity contribution >= 4 is 0 Å². The summed E-state index contributed by atoms with van der Waals surface area (Å²) in [5.41, 5.74) is 3.57. The molecule has 0 aromatic heterocycles. The Morgan fingerprint density at radius 1 is 0.714 bits per heavy atom. The molecule has 35 heavy (non-hydrogen) atoms. The Balaban J connectivity index is 1.48. The number of ether oxygens (including phenoxy) is 3. The van der Waals surface area contributed by atoms with Gasteiger partial charge in [0.1, 0.15) is 6.10 Å². The summed E-state index contributed by atoms with van der Waals surface area (Å²) in [5, 5.41) is 0. The van der Waals surface area contributed by atoms with Crippen LogP contribution in [-0.4, -0.2) is 42.8 Å². The molecule has 3 aromatic carbocycles. The van der Waals surface area contributed by atoms with Gasteiger partial charge in [-0.05, 0) is 36.1 Å². The molecular weight excluding hydrogens is 434 g/mol. The number of benzene rings is 3. The van der Waals surface area contributed by atoms with Crippen molar-refractivity contribution in [3.05, 3.63) is 108 Å². The van der Waals surface area contributed by atoms with Crippen molar-refractivity contribution in [2.45, 2.75) is 64.3 Å². The molecule has 0 bridgehead atoms. The molecule has 1 heterocycles. The molecule has 0 aliphatic carbocycles. The lowest BCUT2D eigenvalue weighted by atomic mass is 9.95. The number of nitrogens with zero attached hydrogens (tertiary/aromatic N) is 1. The smallest absolute Gasteiger partial charge is 0.102 e. The number of hydrogen-bond donors (Lipinski definition) is 0. The van der Waals surface area contributed by atoms with E-state index in [0.717, 1.165) is 19.5 Å². The van der Waals surface area contributed by atoms with E-state index in [0.29, 0.717) is 26.4 Å². The molecule has 0 spiro atoms. The van der Waals surface area contributed by atoms with E-state index in [2.05, 4.69) is 84.6 Å². The van der Waals surface area contributed by atoms with Gasteiger partial charge in [0.15, 0.2) is 0 Å². The molecule has 4 nitrogen and oxygen atoms in total. The molecule has 186 valence electrons. The Labute approximate surface area is 210 Å². The number of unbranched alkanes of at least 4 members (excludes halogenated alkanes) is 1. The molecule has 3 aromatic rings. The minimum Gasteiger partial charge on any atom is -0.375 e. The predicted molar refractivity (Wildman–Crippen MR) is 141 cm³/mol. The maximum absolute atomic E-state index is 6.65. The Morgan fingerprint density at radius 2 is 1.26 bits per heavy atom. The van der Waals surface area contributed by atoms with Gasteiger partial charge in [-0.15, -0.1) is 0 Å². The fraction of sp³-hybridized carbons (Fsp3) is 0.419. The van der Waals surface area contributed by atoms with E-state index in [1.165, 1.54) is 29.5 Å². The Bertz CT molecular complexity index is 951. The first-order valence-electron chi connectivity index (χ1n) is 13.0. The predicted octanol–water partition coefficient (Wildman–Crippen LogP) is 6.25. The lowest BCUT2D eigenvalue weighted by Gasteiger charge is -2.45. The molecule has 4 rings (SSSR count). The molecule has 1 saturated heterocycles. The topological polar surface area (TPSA) is 30.9 Å². The zero-order valence-corrected chi connectivity index (χ0v) is 20.9. The number of hydrogen-bond acceptors (Lipinski definition) is 4. The Morgan fingerprint density at radius 3 is 1.83 bits per heavy atom. The lowest BCUT2D eigenvalue weighted by Crippen LogP contribution is -2.58. The maximum atomic E-state index is 6.65. The lowest BCUT2D eigenvalue weighted by molar-refractivity contribution is -0.157. The van der Waals surface area contributed by atoms with E-state index in [1.807, 2.05) is 18.2 Å². The van der Waals surface area contributed by atoms with Gasteiger partial charge in [0.2, 0.25) is 0 Å². The molecule has 1 fully saturated rings. The molecule has 4 heteroatoms. The maximum Gasteiger partial charge on any atom is 0.102 e. The van der Waals surface area contributed by atoms with Crippen LogP contribution in [0, 0.1) is 0 Å². The third-order valence-electron chi connectivity index (χ3n) is 6.71. The Hall–Kier alpha value is -2.50. The first-order chi connectivity index (χ1) is 17.3. The van der Waals surface area contributed by atoms with Crippen LogP contribution in [0.5, 0.6) is 0 Å². The van der Waals surface area contributed by atoms with Crippen LogP contribution in [0.4, 0.5) is 0 Å². The largest absolute Gasteiger partial charge is 0.375 e. The van der Waals surface area contributed by atoms with Gasteiger partial charge in [-0.2, -0.15) is 0 Å². The van der Waals surface area contributed by atoms with Crippen molar-refractivity contribution in [1.82, 2.24) is 4.90 Å². The van der Waals surface area contributed by atoms with Gasteiger partial charge in [-0.3, -0.25) is 4.90 Å². The quantitative estimate of drug-likeness (QED) is 0.294. The van der Waals surface area contributed by atoms with E-state index in [1.54, 1.807) is 0 Å². The van der Waals surface area contributed by atoms with Gasteiger partial charge in [0.25, 0.3) is 0 Å². The van der Waals surface area contributed by atoms with Crippen molar-refractivity contribution < 1.29 is 14.2 Å². The summed E-state index contributed by atoms with van der Waals surface area (Å²) in [6.45, 7) is 6.73. The number of likely N-dealkylation sites (tertiary alicyclic amines) is 1. The highest BCUT2D eigenvalue weighted by atomic mass is 16.5. The van der Waals surface area contributed by atoms with Gasteiger partial charge in [-0.25, -0.2) is 0 Å². The first kappa shape index (κ1) is 25.6. The van der Waals surface area contributed by atoms with E-state index in [-0.39, 0.29) is 18.2 Å². The second kappa shape index (κ2) is 14.2. The third-order valence-corrected chi connectivity index (χ3v) is 6.71. The fourth-order valence-electron chi connectivity index (χ4n) is 4.73. The normalized spacial score (nSPS) is 20.7. The van der Waals surface area contributed by atoms with E-state index in [9.17, 15) is 0 Å². The zero-order valence-electron chi connectivity index (χ0n) is 20.9. The van der Waals surface area contributed by atoms with Crippen LogP contribution in [0.2, 0.25) is 0 Å². The number of rotatable bonds is 13. The highest BCUT2D eigenvalue weighted by molar-refractivity contribution is 5.15. The minimum atomic E-state index is -0.0553.